The van der Waals surface area contributed by atoms with Crippen LogP contribution in [0.3, 0.4) is 0 Å². The summed E-state index contributed by atoms with van der Waals surface area (Å²) >= 11 is 0. The van der Waals surface area contributed by atoms with Gasteiger partial charge >= 0.3 is 0 Å². The van der Waals surface area contributed by atoms with Gasteiger partial charge in [0.1, 0.15) is 0 Å². The van der Waals surface area contributed by atoms with Gasteiger partial charge in [0.25, 0.3) is 0 Å². The summed E-state index contributed by atoms with van der Waals surface area (Å²) in [7, 11) is 0. The molecular formula is C18H25NO2. The first-order chi connectivity index (χ1) is 10.3. The SMILES string of the molecule is C=CCOC1CC2COCC(C1)N2Cc1cccc(C)c1. The van der Waals surface area contributed by atoms with Gasteiger partial charge < -0.3 is 9.47 Å². The number of ether oxygens (including phenoxy) is 2. The Morgan fingerprint density at radius 2 is 2.10 bits per heavy atom. The molecule has 0 amide bonds. The highest BCUT2D eigenvalue weighted by Crippen LogP contribution is 2.31. The molecule has 2 aliphatic heterocycles. The zero-order valence-electron chi connectivity index (χ0n) is 12.8. The Balaban J connectivity index is 1.67. The number of rotatable bonds is 5. The normalized spacial score (nSPS) is 29.3. The summed E-state index contributed by atoms with van der Waals surface area (Å²) in [6, 6.07) is 9.78. The Bertz CT molecular complexity index is 474. The van der Waals surface area contributed by atoms with E-state index >= 15 is 0 Å². The van der Waals surface area contributed by atoms with E-state index in [0.29, 0.717) is 24.8 Å². The number of hydrogen-bond donors (Lipinski definition) is 0. The van der Waals surface area contributed by atoms with E-state index in [9.17, 15) is 0 Å². The predicted octanol–water partition coefficient (Wildman–Crippen LogP) is 2.93. The molecule has 0 aliphatic carbocycles. The largest absolute Gasteiger partial charge is 0.378 e. The highest BCUT2D eigenvalue weighted by molar-refractivity contribution is 5.22. The maximum absolute atomic E-state index is 5.89. The second kappa shape index (κ2) is 6.73. The highest BCUT2D eigenvalue weighted by Gasteiger charge is 2.39. The average Bonchev–Trinajstić information content (AvgIpc) is 2.45. The molecule has 3 nitrogen and oxygen atoms in total. The van der Waals surface area contributed by atoms with Crippen molar-refractivity contribution in [3.8, 4) is 0 Å². The molecule has 2 aliphatic rings. The highest BCUT2D eigenvalue weighted by atomic mass is 16.5. The molecule has 2 atom stereocenters. The minimum Gasteiger partial charge on any atom is -0.378 e. The summed E-state index contributed by atoms with van der Waals surface area (Å²) in [5, 5.41) is 0. The molecule has 2 heterocycles. The lowest BCUT2D eigenvalue weighted by Crippen LogP contribution is -2.57. The van der Waals surface area contributed by atoms with Crippen molar-refractivity contribution in [2.45, 2.75) is 44.5 Å². The van der Waals surface area contributed by atoms with Crippen molar-refractivity contribution in [3.05, 3.63) is 48.0 Å². The van der Waals surface area contributed by atoms with Gasteiger partial charge in [-0.25, -0.2) is 0 Å². The number of fused-ring (bicyclic) bond motifs is 2. The van der Waals surface area contributed by atoms with E-state index in [1.54, 1.807) is 0 Å². The number of nitrogens with zero attached hydrogens (tertiary/aromatic N) is 1. The molecule has 2 unspecified atom stereocenters. The molecule has 114 valence electrons. The average molecular weight is 287 g/mol. The summed E-state index contributed by atoms with van der Waals surface area (Å²) in [5.41, 5.74) is 2.73. The summed E-state index contributed by atoms with van der Waals surface area (Å²) in [6.07, 6.45) is 4.33. The molecule has 2 fully saturated rings. The van der Waals surface area contributed by atoms with E-state index in [0.717, 1.165) is 32.6 Å². The van der Waals surface area contributed by atoms with Crippen LogP contribution in [0.25, 0.3) is 0 Å². The van der Waals surface area contributed by atoms with Crippen LogP contribution < -0.4 is 0 Å². The van der Waals surface area contributed by atoms with Crippen LogP contribution in [0.4, 0.5) is 0 Å². The lowest BCUT2D eigenvalue weighted by Gasteiger charge is -2.48. The third-order valence-corrected chi connectivity index (χ3v) is 4.53. The Morgan fingerprint density at radius 1 is 1.33 bits per heavy atom. The second-order valence-electron chi connectivity index (χ2n) is 6.22. The third kappa shape index (κ3) is 3.54. The van der Waals surface area contributed by atoms with Crippen molar-refractivity contribution in [2.75, 3.05) is 19.8 Å². The summed E-state index contributed by atoms with van der Waals surface area (Å²) < 4.78 is 11.6. The fourth-order valence-electron chi connectivity index (χ4n) is 3.56. The fourth-order valence-corrected chi connectivity index (χ4v) is 3.56. The van der Waals surface area contributed by atoms with Gasteiger partial charge in [-0.1, -0.05) is 35.9 Å². The molecule has 0 N–H and O–H groups in total. The van der Waals surface area contributed by atoms with Gasteiger partial charge in [0.15, 0.2) is 0 Å². The van der Waals surface area contributed by atoms with Gasteiger partial charge in [-0.2, -0.15) is 0 Å². The topological polar surface area (TPSA) is 21.7 Å². The quantitative estimate of drug-likeness (QED) is 0.777. The predicted molar refractivity (Wildman–Crippen MR) is 84.3 cm³/mol. The number of benzene rings is 1. The molecular weight excluding hydrogens is 262 g/mol. The van der Waals surface area contributed by atoms with Crippen LogP contribution in [0.2, 0.25) is 0 Å². The molecule has 21 heavy (non-hydrogen) atoms. The Kier molecular flexibility index (Phi) is 4.73. The maximum Gasteiger partial charge on any atom is 0.0648 e. The first kappa shape index (κ1) is 14.8. The van der Waals surface area contributed by atoms with Crippen LogP contribution >= 0.6 is 0 Å². The first-order valence-corrected chi connectivity index (χ1v) is 7.88. The van der Waals surface area contributed by atoms with Crippen LogP contribution in [0, 0.1) is 6.92 Å². The van der Waals surface area contributed by atoms with E-state index in [4.69, 9.17) is 9.47 Å². The third-order valence-electron chi connectivity index (χ3n) is 4.53. The molecule has 0 spiro atoms. The zero-order valence-corrected chi connectivity index (χ0v) is 12.8. The minimum atomic E-state index is 0.357. The van der Waals surface area contributed by atoms with E-state index in [1.165, 1.54) is 11.1 Å². The van der Waals surface area contributed by atoms with E-state index in [1.807, 2.05) is 6.08 Å². The van der Waals surface area contributed by atoms with Gasteiger partial charge in [0.2, 0.25) is 0 Å². The lowest BCUT2D eigenvalue weighted by molar-refractivity contribution is -0.119. The van der Waals surface area contributed by atoms with Gasteiger partial charge in [-0.05, 0) is 25.3 Å². The smallest absolute Gasteiger partial charge is 0.0648 e. The Hall–Kier alpha value is -1.16. The van der Waals surface area contributed by atoms with Gasteiger partial charge in [0, 0.05) is 18.6 Å². The van der Waals surface area contributed by atoms with Crippen molar-refractivity contribution in [1.29, 1.82) is 0 Å². The summed E-state index contributed by atoms with van der Waals surface area (Å²) in [4.78, 5) is 2.62. The van der Waals surface area contributed by atoms with Crippen LogP contribution in [-0.4, -0.2) is 42.9 Å². The van der Waals surface area contributed by atoms with Crippen molar-refractivity contribution in [2.24, 2.45) is 0 Å². The molecule has 1 aromatic carbocycles. The molecule has 3 rings (SSSR count). The van der Waals surface area contributed by atoms with Crippen molar-refractivity contribution in [3.63, 3.8) is 0 Å². The minimum absolute atomic E-state index is 0.357. The standard InChI is InChI=1S/C18H25NO2/c1-3-7-21-18-9-16-12-20-13-17(10-18)19(16)11-15-6-4-5-14(2)8-15/h3-6,8,16-18H,1,7,9-13H2,2H3. The first-order valence-electron chi connectivity index (χ1n) is 7.88. The number of piperidine rings is 1. The number of hydrogen-bond acceptors (Lipinski definition) is 3. The van der Waals surface area contributed by atoms with Crippen molar-refractivity contribution in [1.82, 2.24) is 4.90 Å². The van der Waals surface area contributed by atoms with E-state index < -0.39 is 0 Å². The Labute approximate surface area is 127 Å². The molecule has 2 saturated heterocycles. The fraction of sp³-hybridized carbons (Fsp3) is 0.556. The molecule has 0 aromatic heterocycles. The second-order valence-corrected chi connectivity index (χ2v) is 6.22. The van der Waals surface area contributed by atoms with Crippen molar-refractivity contribution >= 4 is 0 Å². The van der Waals surface area contributed by atoms with Gasteiger partial charge in [0.05, 0.1) is 25.9 Å². The van der Waals surface area contributed by atoms with E-state index in [2.05, 4.69) is 42.7 Å². The van der Waals surface area contributed by atoms with E-state index in [-0.39, 0.29) is 0 Å². The molecule has 1 aromatic rings. The van der Waals surface area contributed by atoms with Crippen LogP contribution in [0.5, 0.6) is 0 Å². The molecule has 2 bridgehead atoms. The van der Waals surface area contributed by atoms with Gasteiger partial charge in [-0.3, -0.25) is 4.90 Å². The molecule has 0 saturated carbocycles. The monoisotopic (exact) mass is 287 g/mol. The van der Waals surface area contributed by atoms with Crippen molar-refractivity contribution < 1.29 is 9.47 Å². The number of aryl methyl sites for hydroxylation is 1. The Morgan fingerprint density at radius 3 is 2.76 bits per heavy atom. The van der Waals surface area contributed by atoms with Crippen LogP contribution in [0.15, 0.2) is 36.9 Å². The summed E-state index contributed by atoms with van der Waals surface area (Å²) in [5.74, 6) is 0. The number of morpholine rings is 1. The zero-order chi connectivity index (χ0) is 14.7. The maximum atomic E-state index is 5.89. The molecule has 3 heteroatoms. The van der Waals surface area contributed by atoms with Crippen LogP contribution in [-0.2, 0) is 16.0 Å². The molecule has 0 radical (unpaired) electrons. The lowest BCUT2D eigenvalue weighted by atomic mass is 9.91. The van der Waals surface area contributed by atoms with Crippen LogP contribution in [0.1, 0.15) is 24.0 Å². The summed E-state index contributed by atoms with van der Waals surface area (Å²) in [6.45, 7) is 9.23. The van der Waals surface area contributed by atoms with Gasteiger partial charge in [-0.15, -0.1) is 6.58 Å².